The number of hydrogen-bond acceptors (Lipinski definition) is 2. The molecule has 0 heterocycles. The van der Waals surface area contributed by atoms with Crippen LogP contribution in [0, 0.1) is 12.7 Å². The molecule has 0 unspecified atom stereocenters. The molecule has 1 aromatic carbocycles. The van der Waals surface area contributed by atoms with E-state index in [0.717, 1.165) is 4.47 Å². The molecule has 0 fully saturated rings. The molecule has 0 aliphatic rings. The molecule has 1 rings (SSSR count). The Balaban J connectivity index is 2.86. The van der Waals surface area contributed by atoms with Gasteiger partial charge in [-0.1, -0.05) is 15.9 Å². The zero-order valence-electron chi connectivity index (χ0n) is 8.64. The van der Waals surface area contributed by atoms with E-state index < -0.39 is 0 Å². The maximum absolute atomic E-state index is 13.2. The zero-order chi connectivity index (χ0) is 11.4. The molecule has 0 radical (unpaired) electrons. The van der Waals surface area contributed by atoms with Crippen LogP contribution in [0.5, 0.6) is 0 Å². The predicted octanol–water partition coefficient (Wildman–Crippen LogP) is 3.00. The van der Waals surface area contributed by atoms with Crippen molar-refractivity contribution in [2.75, 3.05) is 6.61 Å². The summed E-state index contributed by atoms with van der Waals surface area (Å²) < 4.78 is 18.7. The van der Waals surface area contributed by atoms with Gasteiger partial charge in [-0.3, -0.25) is 4.79 Å². The second-order valence-electron chi connectivity index (χ2n) is 3.17. The summed E-state index contributed by atoms with van der Waals surface area (Å²) in [5.74, 6) is -0.654. The van der Waals surface area contributed by atoms with Crippen LogP contribution in [0.2, 0.25) is 0 Å². The number of rotatable bonds is 3. The van der Waals surface area contributed by atoms with Crippen molar-refractivity contribution in [3.63, 3.8) is 0 Å². The van der Waals surface area contributed by atoms with Gasteiger partial charge in [0.05, 0.1) is 13.0 Å². The van der Waals surface area contributed by atoms with Gasteiger partial charge in [0.2, 0.25) is 0 Å². The highest BCUT2D eigenvalue weighted by molar-refractivity contribution is 9.10. The van der Waals surface area contributed by atoms with Crippen molar-refractivity contribution in [3.05, 3.63) is 33.5 Å². The fraction of sp³-hybridized carbons (Fsp3) is 0.364. The Morgan fingerprint density at radius 1 is 1.53 bits per heavy atom. The first-order chi connectivity index (χ1) is 7.04. The number of benzene rings is 1. The summed E-state index contributed by atoms with van der Waals surface area (Å²) in [4.78, 5) is 11.2. The van der Waals surface area contributed by atoms with Crippen molar-refractivity contribution in [1.29, 1.82) is 0 Å². The maximum atomic E-state index is 13.2. The van der Waals surface area contributed by atoms with Gasteiger partial charge in [0.25, 0.3) is 0 Å². The van der Waals surface area contributed by atoms with E-state index in [1.54, 1.807) is 19.9 Å². The van der Waals surface area contributed by atoms with Gasteiger partial charge in [-0.15, -0.1) is 0 Å². The summed E-state index contributed by atoms with van der Waals surface area (Å²) in [5.41, 5.74) is 1.16. The van der Waals surface area contributed by atoms with Crippen molar-refractivity contribution in [2.24, 2.45) is 0 Å². The molecule has 15 heavy (non-hydrogen) atoms. The smallest absolute Gasteiger partial charge is 0.310 e. The van der Waals surface area contributed by atoms with Crippen LogP contribution < -0.4 is 0 Å². The molecule has 0 aliphatic heterocycles. The fourth-order valence-corrected chi connectivity index (χ4v) is 1.79. The first-order valence-electron chi connectivity index (χ1n) is 4.64. The Hall–Kier alpha value is -0.900. The molecule has 0 saturated carbocycles. The molecule has 0 N–H and O–H groups in total. The topological polar surface area (TPSA) is 26.3 Å². The second kappa shape index (κ2) is 5.26. The van der Waals surface area contributed by atoms with Crippen LogP contribution >= 0.6 is 15.9 Å². The average Bonchev–Trinajstić information content (AvgIpc) is 2.14. The second-order valence-corrected chi connectivity index (χ2v) is 4.03. The lowest BCUT2D eigenvalue weighted by molar-refractivity contribution is -0.142. The highest BCUT2D eigenvalue weighted by Crippen LogP contribution is 2.21. The molecule has 4 heteroatoms. The lowest BCUT2D eigenvalue weighted by atomic mass is 10.1. The standard InChI is InChI=1S/C11H12BrFO2/c1-3-15-11(14)6-8-5-10(13)7(2)4-9(8)12/h4-5H,3,6H2,1-2H3. The molecule has 1 aromatic rings. The molecule has 0 bridgehead atoms. The molecule has 0 saturated heterocycles. The minimum absolute atomic E-state index is 0.0889. The summed E-state index contributed by atoms with van der Waals surface area (Å²) in [5, 5.41) is 0. The number of carbonyl (C=O) groups is 1. The van der Waals surface area contributed by atoms with Gasteiger partial charge >= 0.3 is 5.97 Å². The highest BCUT2D eigenvalue weighted by atomic mass is 79.9. The van der Waals surface area contributed by atoms with E-state index >= 15 is 0 Å². The first kappa shape index (κ1) is 12.2. The number of esters is 1. The van der Waals surface area contributed by atoms with Crippen LogP contribution in [0.3, 0.4) is 0 Å². The molecule has 0 amide bonds. The average molecular weight is 275 g/mol. The molecule has 0 spiro atoms. The first-order valence-corrected chi connectivity index (χ1v) is 5.44. The summed E-state index contributed by atoms with van der Waals surface area (Å²) >= 11 is 3.29. The SMILES string of the molecule is CCOC(=O)Cc1cc(F)c(C)cc1Br. The van der Waals surface area contributed by atoms with Gasteiger partial charge in [-0.2, -0.15) is 0 Å². The van der Waals surface area contributed by atoms with Crippen LogP contribution in [-0.4, -0.2) is 12.6 Å². The minimum Gasteiger partial charge on any atom is -0.466 e. The summed E-state index contributed by atoms with van der Waals surface area (Å²) in [7, 11) is 0. The summed E-state index contributed by atoms with van der Waals surface area (Å²) in [6.07, 6.45) is 0.0889. The highest BCUT2D eigenvalue weighted by Gasteiger charge is 2.10. The largest absolute Gasteiger partial charge is 0.466 e. The number of carbonyl (C=O) groups excluding carboxylic acids is 1. The van der Waals surface area contributed by atoms with Crippen LogP contribution in [0.25, 0.3) is 0 Å². The third-order valence-electron chi connectivity index (χ3n) is 1.97. The molecule has 2 nitrogen and oxygen atoms in total. The lowest BCUT2D eigenvalue weighted by Crippen LogP contribution is -2.08. The third kappa shape index (κ3) is 3.30. The van der Waals surface area contributed by atoms with E-state index in [-0.39, 0.29) is 18.2 Å². The molecule has 0 atom stereocenters. The summed E-state index contributed by atoms with van der Waals surface area (Å²) in [6, 6.07) is 3.01. The van der Waals surface area contributed by atoms with E-state index in [4.69, 9.17) is 4.74 Å². The molecular formula is C11H12BrFO2. The normalized spacial score (nSPS) is 10.1. The number of hydrogen-bond donors (Lipinski definition) is 0. The van der Waals surface area contributed by atoms with Gasteiger partial charge in [0, 0.05) is 4.47 Å². The Morgan fingerprint density at radius 3 is 2.80 bits per heavy atom. The van der Waals surface area contributed by atoms with Gasteiger partial charge in [-0.05, 0) is 37.1 Å². The van der Waals surface area contributed by atoms with E-state index in [1.807, 2.05) is 0 Å². The van der Waals surface area contributed by atoms with Crippen LogP contribution in [0.15, 0.2) is 16.6 Å². The van der Waals surface area contributed by atoms with Gasteiger partial charge in [0.15, 0.2) is 0 Å². The van der Waals surface area contributed by atoms with E-state index in [2.05, 4.69) is 15.9 Å². The maximum Gasteiger partial charge on any atom is 0.310 e. The van der Waals surface area contributed by atoms with Crippen molar-refractivity contribution in [2.45, 2.75) is 20.3 Å². The van der Waals surface area contributed by atoms with Crippen LogP contribution in [-0.2, 0) is 16.0 Å². The van der Waals surface area contributed by atoms with Crippen LogP contribution in [0.4, 0.5) is 4.39 Å². The number of ether oxygens (including phenoxy) is 1. The fourth-order valence-electron chi connectivity index (χ4n) is 1.19. The van der Waals surface area contributed by atoms with Gasteiger partial charge in [0.1, 0.15) is 5.82 Å². The van der Waals surface area contributed by atoms with E-state index in [1.165, 1.54) is 6.07 Å². The molecule has 0 aromatic heterocycles. The Morgan fingerprint density at radius 2 is 2.20 bits per heavy atom. The predicted molar refractivity (Wildman–Crippen MR) is 59.2 cm³/mol. The monoisotopic (exact) mass is 274 g/mol. The molecule has 82 valence electrons. The molecule has 0 aliphatic carbocycles. The lowest BCUT2D eigenvalue weighted by Gasteiger charge is -2.06. The van der Waals surface area contributed by atoms with E-state index in [0.29, 0.717) is 17.7 Å². The Kier molecular flexibility index (Phi) is 4.27. The Labute approximate surface area is 96.6 Å². The van der Waals surface area contributed by atoms with Crippen molar-refractivity contribution < 1.29 is 13.9 Å². The Bertz CT molecular complexity index is 377. The van der Waals surface area contributed by atoms with E-state index in [9.17, 15) is 9.18 Å². The van der Waals surface area contributed by atoms with Gasteiger partial charge < -0.3 is 4.74 Å². The summed E-state index contributed by atoms with van der Waals surface area (Å²) in [6.45, 7) is 3.75. The number of halogens is 2. The quantitative estimate of drug-likeness (QED) is 0.793. The zero-order valence-corrected chi connectivity index (χ0v) is 10.2. The number of aryl methyl sites for hydroxylation is 1. The minimum atomic E-state index is -0.346. The third-order valence-corrected chi connectivity index (χ3v) is 2.71. The van der Waals surface area contributed by atoms with Gasteiger partial charge in [-0.25, -0.2) is 4.39 Å². The molecular weight excluding hydrogens is 263 g/mol. The van der Waals surface area contributed by atoms with Crippen molar-refractivity contribution in [1.82, 2.24) is 0 Å². The van der Waals surface area contributed by atoms with Crippen molar-refractivity contribution >= 4 is 21.9 Å². The van der Waals surface area contributed by atoms with Crippen LogP contribution in [0.1, 0.15) is 18.1 Å². The van der Waals surface area contributed by atoms with Crippen molar-refractivity contribution in [3.8, 4) is 0 Å².